The maximum absolute atomic E-state index is 12.7. The minimum atomic E-state index is -4.47. The number of rotatable bonds is 4. The maximum atomic E-state index is 12.7. The molecule has 3 aromatic rings. The van der Waals surface area contributed by atoms with E-state index < -0.39 is 18.2 Å². The molecule has 0 aliphatic heterocycles. The molecule has 0 aliphatic carbocycles. The summed E-state index contributed by atoms with van der Waals surface area (Å²) in [5.41, 5.74) is 0.492. The summed E-state index contributed by atoms with van der Waals surface area (Å²) in [6.07, 6.45) is -5.78. The minimum absolute atomic E-state index is 0.0716. The Morgan fingerprint density at radius 3 is 2.48 bits per heavy atom. The van der Waals surface area contributed by atoms with E-state index in [-0.39, 0.29) is 23.5 Å². The van der Waals surface area contributed by atoms with E-state index in [4.69, 9.17) is 4.74 Å². The number of fused-ring (bicyclic) bond motifs is 1. The summed E-state index contributed by atoms with van der Waals surface area (Å²) >= 11 is 0. The topological polar surface area (TPSA) is 59.4 Å². The maximum Gasteiger partial charge on any atom is 0.393 e. The van der Waals surface area contributed by atoms with Gasteiger partial charge in [-0.2, -0.15) is 13.2 Å². The van der Waals surface area contributed by atoms with Gasteiger partial charge in [-0.25, -0.2) is 9.50 Å². The molecule has 0 aliphatic rings. The van der Waals surface area contributed by atoms with Crippen LogP contribution in [0.2, 0.25) is 0 Å². The highest BCUT2D eigenvalue weighted by Crippen LogP contribution is 2.22. The summed E-state index contributed by atoms with van der Waals surface area (Å²) in [6.45, 7) is 3.27. The molecule has 0 atom stereocenters. The van der Waals surface area contributed by atoms with Crippen LogP contribution in [0.25, 0.3) is 5.65 Å². The molecule has 0 spiro atoms. The second-order valence-electron chi connectivity index (χ2n) is 5.75. The first-order valence-electron chi connectivity index (χ1n) is 7.60. The van der Waals surface area contributed by atoms with E-state index >= 15 is 0 Å². The molecule has 0 saturated carbocycles. The van der Waals surface area contributed by atoms with Gasteiger partial charge < -0.3 is 4.74 Å². The van der Waals surface area contributed by atoms with Crippen LogP contribution < -0.4 is 10.3 Å². The second kappa shape index (κ2) is 6.27. The van der Waals surface area contributed by atoms with Crippen molar-refractivity contribution in [2.45, 2.75) is 33.1 Å². The van der Waals surface area contributed by atoms with Crippen molar-refractivity contribution < 1.29 is 17.9 Å². The lowest BCUT2D eigenvalue weighted by Crippen LogP contribution is -2.26. The van der Waals surface area contributed by atoms with Crippen LogP contribution in [0.15, 0.2) is 35.1 Å². The molecular formula is C17H16F3N3O2. The number of aryl methyl sites for hydroxylation is 2. The fourth-order valence-electron chi connectivity index (χ4n) is 2.62. The van der Waals surface area contributed by atoms with Crippen molar-refractivity contribution in [1.82, 2.24) is 14.6 Å². The first kappa shape index (κ1) is 17.1. The highest BCUT2D eigenvalue weighted by Gasteiger charge is 2.31. The average Bonchev–Trinajstić information content (AvgIpc) is 2.85. The summed E-state index contributed by atoms with van der Waals surface area (Å²) < 4.78 is 44.8. The molecule has 25 heavy (non-hydrogen) atoms. The van der Waals surface area contributed by atoms with Crippen LogP contribution in [-0.4, -0.2) is 20.8 Å². The van der Waals surface area contributed by atoms with Crippen LogP contribution in [0, 0.1) is 13.8 Å². The Labute approximate surface area is 141 Å². The highest BCUT2D eigenvalue weighted by atomic mass is 19.4. The Balaban J connectivity index is 2.01. The number of hydrogen-bond acceptors (Lipinski definition) is 3. The molecule has 8 heteroatoms. The van der Waals surface area contributed by atoms with Crippen LogP contribution >= 0.6 is 0 Å². The van der Waals surface area contributed by atoms with Crippen molar-refractivity contribution in [2.24, 2.45) is 0 Å². The smallest absolute Gasteiger partial charge is 0.393 e. The number of para-hydroxylation sites is 1. The minimum Gasteiger partial charge on any atom is -0.489 e. The van der Waals surface area contributed by atoms with E-state index in [1.54, 1.807) is 19.1 Å². The Morgan fingerprint density at radius 1 is 1.16 bits per heavy atom. The fraction of sp³-hybridized carbons (Fsp3) is 0.294. The van der Waals surface area contributed by atoms with Crippen LogP contribution in [-0.2, 0) is 13.0 Å². The number of hydrogen-bond donors (Lipinski definition) is 1. The van der Waals surface area contributed by atoms with E-state index in [1.165, 1.54) is 6.92 Å². The van der Waals surface area contributed by atoms with Gasteiger partial charge in [-0.15, -0.1) is 0 Å². The largest absolute Gasteiger partial charge is 0.489 e. The molecule has 2 aromatic heterocycles. The van der Waals surface area contributed by atoms with E-state index in [0.29, 0.717) is 17.0 Å². The summed E-state index contributed by atoms with van der Waals surface area (Å²) in [6, 6.07) is 9.09. The number of halogens is 3. The van der Waals surface area contributed by atoms with Gasteiger partial charge >= 0.3 is 6.18 Å². The monoisotopic (exact) mass is 351 g/mol. The third kappa shape index (κ3) is 3.52. The van der Waals surface area contributed by atoms with Gasteiger partial charge in [-0.3, -0.25) is 9.89 Å². The molecule has 0 radical (unpaired) electrons. The summed E-state index contributed by atoms with van der Waals surface area (Å²) in [7, 11) is 0. The SMILES string of the molecule is Cc1nc2c(COc3ccccc3)c(C)[nH]n2c(=O)c1CC(F)(F)F. The van der Waals surface area contributed by atoms with Gasteiger partial charge in [0.2, 0.25) is 0 Å². The molecule has 0 saturated heterocycles. The van der Waals surface area contributed by atoms with Gasteiger partial charge in [0.25, 0.3) is 5.56 Å². The number of H-pyrrole nitrogens is 1. The standard InChI is InChI=1S/C17H16F3N3O2/c1-10-13(8-17(18,19)20)16(24)23-15(21-10)14(11(2)22-23)9-25-12-6-4-3-5-7-12/h3-7,22H,8-9H2,1-2H3. The van der Waals surface area contributed by atoms with E-state index in [0.717, 1.165) is 4.52 Å². The molecule has 1 N–H and O–H groups in total. The molecule has 0 unspecified atom stereocenters. The average molecular weight is 351 g/mol. The van der Waals surface area contributed by atoms with Gasteiger partial charge in [0, 0.05) is 17.0 Å². The van der Waals surface area contributed by atoms with Crippen LogP contribution in [0.5, 0.6) is 5.75 Å². The van der Waals surface area contributed by atoms with Crippen LogP contribution in [0.3, 0.4) is 0 Å². The van der Waals surface area contributed by atoms with Crippen molar-refractivity contribution in [3.05, 3.63) is 63.2 Å². The zero-order valence-electron chi connectivity index (χ0n) is 13.6. The second-order valence-corrected chi connectivity index (χ2v) is 5.75. The van der Waals surface area contributed by atoms with Crippen molar-refractivity contribution in [1.29, 1.82) is 0 Å². The predicted molar refractivity (Wildman–Crippen MR) is 85.8 cm³/mol. The molecular weight excluding hydrogens is 335 g/mol. The zero-order chi connectivity index (χ0) is 18.2. The predicted octanol–water partition coefficient (Wildman–Crippen LogP) is 3.32. The molecule has 132 valence electrons. The van der Waals surface area contributed by atoms with Crippen LogP contribution in [0.1, 0.15) is 22.5 Å². The van der Waals surface area contributed by atoms with E-state index in [2.05, 4.69) is 10.1 Å². The summed E-state index contributed by atoms with van der Waals surface area (Å²) in [5, 5.41) is 2.78. The summed E-state index contributed by atoms with van der Waals surface area (Å²) in [5.74, 6) is 0.647. The Hall–Kier alpha value is -2.77. The number of ether oxygens (including phenoxy) is 1. The van der Waals surface area contributed by atoms with E-state index in [1.807, 2.05) is 18.2 Å². The van der Waals surface area contributed by atoms with Crippen molar-refractivity contribution >= 4 is 5.65 Å². The lowest BCUT2D eigenvalue weighted by Gasteiger charge is -2.09. The number of aromatic nitrogens is 3. The molecule has 0 fully saturated rings. The quantitative estimate of drug-likeness (QED) is 0.784. The number of benzene rings is 1. The van der Waals surface area contributed by atoms with Gasteiger partial charge in [-0.05, 0) is 26.0 Å². The Morgan fingerprint density at radius 2 is 1.84 bits per heavy atom. The third-order valence-electron chi connectivity index (χ3n) is 3.89. The third-order valence-corrected chi connectivity index (χ3v) is 3.89. The van der Waals surface area contributed by atoms with Crippen LogP contribution in [0.4, 0.5) is 13.2 Å². The Kier molecular flexibility index (Phi) is 4.28. The number of nitrogens with zero attached hydrogens (tertiary/aromatic N) is 2. The van der Waals surface area contributed by atoms with Gasteiger partial charge in [0.15, 0.2) is 5.65 Å². The van der Waals surface area contributed by atoms with Gasteiger partial charge in [0.05, 0.1) is 12.0 Å². The summed E-state index contributed by atoms with van der Waals surface area (Å²) in [4.78, 5) is 16.6. The number of nitrogens with one attached hydrogen (secondary N) is 1. The number of alkyl halides is 3. The molecule has 5 nitrogen and oxygen atoms in total. The van der Waals surface area contributed by atoms with Crippen molar-refractivity contribution in [3.8, 4) is 5.75 Å². The van der Waals surface area contributed by atoms with Crippen molar-refractivity contribution in [2.75, 3.05) is 0 Å². The lowest BCUT2D eigenvalue weighted by molar-refractivity contribution is -0.127. The molecule has 1 aromatic carbocycles. The fourth-order valence-corrected chi connectivity index (χ4v) is 2.62. The van der Waals surface area contributed by atoms with Gasteiger partial charge in [-0.1, -0.05) is 18.2 Å². The molecule has 3 rings (SSSR count). The molecule has 0 bridgehead atoms. The lowest BCUT2D eigenvalue weighted by atomic mass is 10.1. The molecule has 2 heterocycles. The Bertz CT molecular complexity index is 959. The van der Waals surface area contributed by atoms with Crippen molar-refractivity contribution in [3.63, 3.8) is 0 Å². The highest BCUT2D eigenvalue weighted by molar-refractivity contribution is 5.51. The van der Waals surface area contributed by atoms with E-state index in [9.17, 15) is 18.0 Å². The first-order chi connectivity index (χ1) is 11.8. The normalized spacial score (nSPS) is 11.9. The first-order valence-corrected chi connectivity index (χ1v) is 7.60. The zero-order valence-corrected chi connectivity index (χ0v) is 13.6. The molecule has 0 amide bonds. The number of aromatic amines is 1. The van der Waals surface area contributed by atoms with Gasteiger partial charge in [0.1, 0.15) is 12.4 Å².